The molecule has 26 heavy (non-hydrogen) atoms. The quantitative estimate of drug-likeness (QED) is 0.690. The number of benzene rings is 2. The number of nitrogens with zero attached hydrogens (tertiary/aromatic N) is 2. The molecule has 0 radical (unpaired) electrons. The van der Waals surface area contributed by atoms with E-state index in [2.05, 4.69) is 9.97 Å². The summed E-state index contributed by atoms with van der Waals surface area (Å²) in [4.78, 5) is 9.07. The Hall–Kier alpha value is -2.27. The number of rotatable bonds is 6. The third-order valence-electron chi connectivity index (χ3n) is 4.20. The van der Waals surface area contributed by atoms with Crippen LogP contribution >= 0.6 is 11.6 Å². The fourth-order valence-electron chi connectivity index (χ4n) is 2.78. The van der Waals surface area contributed by atoms with Gasteiger partial charge in [0.05, 0.1) is 11.4 Å². The van der Waals surface area contributed by atoms with E-state index in [4.69, 9.17) is 16.7 Å². The van der Waals surface area contributed by atoms with Gasteiger partial charge in [-0.3, -0.25) is 0 Å². The standard InChI is InChI=1S/C21H21ClN2O2/c1-2-20-23-18(16-4-3-5-17(22)12-16)13-19(24-20)21(26)15-8-6-14(7-9-15)10-11-25/h3-9,12-13,21,25-26H,2,10-11H2,1H3. The molecule has 4 nitrogen and oxygen atoms in total. The van der Waals surface area contributed by atoms with E-state index < -0.39 is 6.10 Å². The van der Waals surface area contributed by atoms with Crippen molar-refractivity contribution in [1.82, 2.24) is 9.97 Å². The predicted octanol–water partition coefficient (Wildman–Crippen LogP) is 3.98. The number of aliphatic hydroxyl groups excluding tert-OH is 2. The molecular weight excluding hydrogens is 348 g/mol. The Kier molecular flexibility index (Phi) is 5.99. The minimum atomic E-state index is -0.843. The van der Waals surface area contributed by atoms with Gasteiger partial charge in [-0.05, 0) is 35.7 Å². The van der Waals surface area contributed by atoms with Gasteiger partial charge in [-0.15, -0.1) is 0 Å². The Morgan fingerprint density at radius 3 is 2.46 bits per heavy atom. The molecule has 0 aliphatic heterocycles. The Labute approximate surface area is 158 Å². The smallest absolute Gasteiger partial charge is 0.129 e. The van der Waals surface area contributed by atoms with Crippen LogP contribution in [0.2, 0.25) is 5.02 Å². The van der Waals surface area contributed by atoms with Crippen molar-refractivity contribution in [2.75, 3.05) is 6.61 Å². The lowest BCUT2D eigenvalue weighted by atomic mass is 10.0. The van der Waals surface area contributed by atoms with Gasteiger partial charge in [0.2, 0.25) is 0 Å². The van der Waals surface area contributed by atoms with E-state index in [9.17, 15) is 5.11 Å². The summed E-state index contributed by atoms with van der Waals surface area (Å²) in [5.41, 5.74) is 3.97. The Morgan fingerprint density at radius 1 is 1.04 bits per heavy atom. The molecule has 0 fully saturated rings. The van der Waals surface area contributed by atoms with Crippen LogP contribution in [0.15, 0.2) is 54.6 Å². The third kappa shape index (κ3) is 4.28. The molecule has 1 atom stereocenters. The monoisotopic (exact) mass is 368 g/mol. The first kappa shape index (κ1) is 18.5. The maximum absolute atomic E-state index is 10.8. The Morgan fingerprint density at radius 2 is 1.81 bits per heavy atom. The van der Waals surface area contributed by atoms with Gasteiger partial charge >= 0.3 is 0 Å². The zero-order chi connectivity index (χ0) is 18.5. The highest BCUT2D eigenvalue weighted by Crippen LogP contribution is 2.26. The maximum atomic E-state index is 10.8. The van der Waals surface area contributed by atoms with Gasteiger partial charge < -0.3 is 10.2 Å². The number of halogens is 1. The van der Waals surface area contributed by atoms with Crippen molar-refractivity contribution in [3.63, 3.8) is 0 Å². The van der Waals surface area contributed by atoms with Gasteiger partial charge in [0.15, 0.2) is 0 Å². The van der Waals surface area contributed by atoms with Crippen molar-refractivity contribution in [3.05, 3.63) is 82.3 Å². The fourth-order valence-corrected chi connectivity index (χ4v) is 2.97. The second kappa shape index (κ2) is 8.41. The van der Waals surface area contributed by atoms with E-state index in [1.807, 2.05) is 55.5 Å². The molecule has 5 heteroatoms. The number of hydrogen-bond donors (Lipinski definition) is 2. The molecule has 0 amide bonds. The van der Waals surface area contributed by atoms with Crippen molar-refractivity contribution in [1.29, 1.82) is 0 Å². The van der Waals surface area contributed by atoms with Crippen molar-refractivity contribution in [3.8, 4) is 11.3 Å². The molecule has 0 bridgehead atoms. The van der Waals surface area contributed by atoms with Crippen LogP contribution in [0.1, 0.15) is 35.7 Å². The Balaban J connectivity index is 1.97. The molecule has 0 saturated carbocycles. The van der Waals surface area contributed by atoms with Crippen molar-refractivity contribution >= 4 is 11.6 Å². The topological polar surface area (TPSA) is 66.2 Å². The third-order valence-corrected chi connectivity index (χ3v) is 4.44. The van der Waals surface area contributed by atoms with Crippen LogP contribution in [-0.4, -0.2) is 26.8 Å². The maximum Gasteiger partial charge on any atom is 0.129 e. The highest BCUT2D eigenvalue weighted by Gasteiger charge is 2.15. The number of aromatic nitrogens is 2. The first-order valence-corrected chi connectivity index (χ1v) is 9.00. The minimum Gasteiger partial charge on any atom is -0.396 e. The molecule has 0 spiro atoms. The summed E-state index contributed by atoms with van der Waals surface area (Å²) in [6.07, 6.45) is 0.427. The van der Waals surface area contributed by atoms with Gasteiger partial charge in [-0.1, -0.05) is 54.9 Å². The van der Waals surface area contributed by atoms with Crippen molar-refractivity contribution < 1.29 is 10.2 Å². The van der Waals surface area contributed by atoms with Crippen LogP contribution in [-0.2, 0) is 12.8 Å². The minimum absolute atomic E-state index is 0.108. The summed E-state index contributed by atoms with van der Waals surface area (Å²) in [6.45, 7) is 2.09. The van der Waals surface area contributed by atoms with E-state index >= 15 is 0 Å². The van der Waals surface area contributed by atoms with Crippen LogP contribution < -0.4 is 0 Å². The predicted molar refractivity (Wildman–Crippen MR) is 103 cm³/mol. The molecule has 1 heterocycles. The number of hydrogen-bond acceptors (Lipinski definition) is 4. The van der Waals surface area contributed by atoms with Crippen molar-refractivity contribution in [2.45, 2.75) is 25.9 Å². The van der Waals surface area contributed by atoms with Gasteiger partial charge in [-0.25, -0.2) is 9.97 Å². The van der Waals surface area contributed by atoms with Gasteiger partial charge in [0, 0.05) is 23.6 Å². The Bertz CT molecular complexity index is 881. The lowest BCUT2D eigenvalue weighted by Gasteiger charge is -2.14. The second-order valence-corrected chi connectivity index (χ2v) is 6.51. The lowest BCUT2D eigenvalue weighted by Crippen LogP contribution is -2.07. The lowest BCUT2D eigenvalue weighted by molar-refractivity contribution is 0.215. The summed E-state index contributed by atoms with van der Waals surface area (Å²) < 4.78 is 0. The van der Waals surface area contributed by atoms with E-state index in [-0.39, 0.29) is 6.61 Å². The summed E-state index contributed by atoms with van der Waals surface area (Å²) in [5, 5.41) is 20.4. The molecule has 1 unspecified atom stereocenters. The highest BCUT2D eigenvalue weighted by molar-refractivity contribution is 6.30. The number of aryl methyl sites for hydroxylation is 1. The SMILES string of the molecule is CCc1nc(-c2cccc(Cl)c2)cc(C(O)c2ccc(CCO)cc2)n1. The largest absolute Gasteiger partial charge is 0.396 e. The van der Waals surface area contributed by atoms with Gasteiger partial charge in [0.1, 0.15) is 11.9 Å². The molecule has 3 aromatic rings. The summed E-state index contributed by atoms with van der Waals surface area (Å²) >= 11 is 6.10. The zero-order valence-electron chi connectivity index (χ0n) is 14.6. The van der Waals surface area contributed by atoms with Crippen molar-refractivity contribution in [2.24, 2.45) is 0 Å². The molecule has 0 aliphatic rings. The molecule has 0 saturated heterocycles. The number of aliphatic hydroxyl groups is 2. The van der Waals surface area contributed by atoms with Crippen LogP contribution in [0.4, 0.5) is 0 Å². The van der Waals surface area contributed by atoms with Crippen LogP contribution in [0, 0.1) is 0 Å². The van der Waals surface area contributed by atoms with Crippen LogP contribution in [0.25, 0.3) is 11.3 Å². The molecular formula is C21H21ClN2O2. The van der Waals surface area contributed by atoms with E-state index in [0.29, 0.717) is 29.4 Å². The highest BCUT2D eigenvalue weighted by atomic mass is 35.5. The van der Waals surface area contributed by atoms with E-state index in [0.717, 1.165) is 22.4 Å². The van der Waals surface area contributed by atoms with Crippen LogP contribution in [0.5, 0.6) is 0 Å². The molecule has 2 aromatic carbocycles. The summed E-state index contributed by atoms with van der Waals surface area (Å²) in [5.74, 6) is 0.674. The molecule has 3 rings (SSSR count). The normalized spacial score (nSPS) is 12.2. The summed E-state index contributed by atoms with van der Waals surface area (Å²) in [6, 6.07) is 16.8. The molecule has 134 valence electrons. The molecule has 2 N–H and O–H groups in total. The van der Waals surface area contributed by atoms with E-state index in [1.54, 1.807) is 6.07 Å². The second-order valence-electron chi connectivity index (χ2n) is 6.08. The average molecular weight is 369 g/mol. The summed E-state index contributed by atoms with van der Waals surface area (Å²) in [7, 11) is 0. The van der Waals surface area contributed by atoms with Crippen LogP contribution in [0.3, 0.4) is 0 Å². The molecule has 1 aromatic heterocycles. The van der Waals surface area contributed by atoms with Gasteiger partial charge in [0.25, 0.3) is 0 Å². The van der Waals surface area contributed by atoms with Gasteiger partial charge in [-0.2, -0.15) is 0 Å². The zero-order valence-corrected chi connectivity index (χ0v) is 15.3. The molecule has 0 aliphatic carbocycles. The van der Waals surface area contributed by atoms with E-state index in [1.165, 1.54) is 0 Å². The first-order valence-electron chi connectivity index (χ1n) is 8.62. The fraction of sp³-hybridized carbons (Fsp3) is 0.238. The average Bonchev–Trinajstić information content (AvgIpc) is 2.68. The first-order chi connectivity index (χ1) is 12.6.